The number of rotatable bonds is 2. The molecule has 2 aliphatic heterocycles. The molecule has 0 aliphatic carbocycles. The number of hydrogen-bond donors (Lipinski definition) is 1. The average molecular weight is 349 g/mol. The summed E-state index contributed by atoms with van der Waals surface area (Å²) in [7, 11) is 0. The van der Waals surface area contributed by atoms with E-state index in [1.807, 2.05) is 24.3 Å². The molecule has 0 unspecified atom stereocenters. The van der Waals surface area contributed by atoms with Gasteiger partial charge >= 0.3 is 0 Å². The first-order valence-electron chi connectivity index (χ1n) is 8.34. The maximum Gasteiger partial charge on any atom is 0.238 e. The molecule has 2 aliphatic rings. The van der Waals surface area contributed by atoms with Crippen molar-refractivity contribution in [1.82, 2.24) is 0 Å². The Morgan fingerprint density at radius 2 is 2.08 bits per heavy atom. The Morgan fingerprint density at radius 3 is 2.81 bits per heavy atom. The third kappa shape index (κ3) is 2.07. The lowest BCUT2D eigenvalue weighted by Gasteiger charge is -2.25. The summed E-state index contributed by atoms with van der Waals surface area (Å²) in [6.45, 7) is 1.78. The molecule has 5 nitrogen and oxygen atoms in total. The molecule has 2 aromatic rings. The standard InChI is InChI=1S/C20H16FN3O2/c1-12(25)18-15(21)6-4-8-17(18)24-10-13(9-22)20(11-24)14-5-2-3-7-16(14)23-19(20)26/h2-8,13H,10-11H2,1H3,(H,23,26)/t13-,20-/m1/s1. The van der Waals surface area contributed by atoms with Crippen LogP contribution >= 0.6 is 0 Å². The molecule has 0 bridgehead atoms. The molecule has 0 radical (unpaired) electrons. The van der Waals surface area contributed by atoms with E-state index in [4.69, 9.17) is 0 Å². The van der Waals surface area contributed by atoms with Crippen LogP contribution in [0.5, 0.6) is 0 Å². The summed E-state index contributed by atoms with van der Waals surface area (Å²) in [5.74, 6) is -1.81. The fraction of sp³-hybridized carbons (Fsp3) is 0.250. The number of carbonyl (C=O) groups is 2. The minimum Gasteiger partial charge on any atom is -0.368 e. The van der Waals surface area contributed by atoms with Gasteiger partial charge in [-0.25, -0.2) is 4.39 Å². The number of hydrogen-bond acceptors (Lipinski definition) is 4. The molecule has 1 saturated heterocycles. The average Bonchev–Trinajstić information content (AvgIpc) is 3.14. The first-order chi connectivity index (χ1) is 12.5. The van der Waals surface area contributed by atoms with Gasteiger partial charge in [0.05, 0.1) is 23.2 Å². The van der Waals surface area contributed by atoms with E-state index >= 15 is 0 Å². The molecule has 2 aromatic carbocycles. The summed E-state index contributed by atoms with van der Waals surface area (Å²) in [5.41, 5.74) is 0.872. The molecule has 0 aromatic heterocycles. The maximum absolute atomic E-state index is 14.2. The number of amides is 1. The van der Waals surface area contributed by atoms with E-state index in [9.17, 15) is 19.2 Å². The van der Waals surface area contributed by atoms with Crippen molar-refractivity contribution in [3.05, 3.63) is 59.4 Å². The highest BCUT2D eigenvalue weighted by atomic mass is 19.1. The number of carbonyl (C=O) groups excluding carboxylic acids is 2. The molecule has 0 saturated carbocycles. The van der Waals surface area contributed by atoms with Crippen LogP contribution in [-0.4, -0.2) is 24.8 Å². The molecule has 130 valence electrons. The molecule has 1 spiro atoms. The van der Waals surface area contributed by atoms with Crippen LogP contribution < -0.4 is 10.2 Å². The van der Waals surface area contributed by atoms with Crippen LogP contribution in [0.15, 0.2) is 42.5 Å². The van der Waals surface area contributed by atoms with Gasteiger partial charge in [-0.2, -0.15) is 5.26 Å². The second-order valence-electron chi connectivity index (χ2n) is 6.72. The fourth-order valence-electron chi connectivity index (χ4n) is 4.15. The number of nitriles is 1. The minimum absolute atomic E-state index is 0.00655. The Morgan fingerprint density at radius 1 is 1.31 bits per heavy atom. The van der Waals surface area contributed by atoms with Crippen molar-refractivity contribution in [3.8, 4) is 6.07 Å². The molecule has 2 atom stereocenters. The number of nitrogens with one attached hydrogen (secondary N) is 1. The topological polar surface area (TPSA) is 73.2 Å². The SMILES string of the molecule is CC(=O)c1c(F)cccc1N1C[C@@H](C#N)[C@@]2(C1)C(=O)Nc1ccccc12. The third-order valence-electron chi connectivity index (χ3n) is 5.34. The van der Waals surface area contributed by atoms with Crippen LogP contribution in [-0.2, 0) is 10.2 Å². The largest absolute Gasteiger partial charge is 0.368 e. The lowest BCUT2D eigenvalue weighted by Crippen LogP contribution is -2.42. The monoisotopic (exact) mass is 349 g/mol. The van der Waals surface area contributed by atoms with Crippen molar-refractivity contribution in [2.75, 3.05) is 23.3 Å². The highest BCUT2D eigenvalue weighted by Gasteiger charge is 2.58. The highest BCUT2D eigenvalue weighted by molar-refractivity contribution is 6.08. The maximum atomic E-state index is 14.2. The number of anilines is 2. The van der Waals surface area contributed by atoms with Crippen molar-refractivity contribution in [2.24, 2.45) is 5.92 Å². The van der Waals surface area contributed by atoms with Crippen LogP contribution in [0.4, 0.5) is 15.8 Å². The number of halogens is 1. The first-order valence-corrected chi connectivity index (χ1v) is 8.34. The smallest absolute Gasteiger partial charge is 0.238 e. The van der Waals surface area contributed by atoms with Gasteiger partial charge in [0.25, 0.3) is 0 Å². The lowest BCUT2D eigenvalue weighted by atomic mass is 9.74. The van der Waals surface area contributed by atoms with Gasteiger partial charge in [0.2, 0.25) is 5.91 Å². The van der Waals surface area contributed by atoms with Crippen LogP contribution in [0.1, 0.15) is 22.8 Å². The van der Waals surface area contributed by atoms with Crippen LogP contribution in [0.2, 0.25) is 0 Å². The predicted molar refractivity (Wildman–Crippen MR) is 94.5 cm³/mol. The van der Waals surface area contributed by atoms with Gasteiger partial charge in [-0.05, 0) is 30.7 Å². The van der Waals surface area contributed by atoms with E-state index in [0.717, 1.165) is 5.56 Å². The normalized spacial score (nSPS) is 23.7. The van der Waals surface area contributed by atoms with E-state index in [1.54, 1.807) is 11.0 Å². The Kier molecular flexibility index (Phi) is 3.55. The zero-order valence-electron chi connectivity index (χ0n) is 14.1. The highest BCUT2D eigenvalue weighted by Crippen LogP contribution is 2.48. The first kappa shape index (κ1) is 16.3. The summed E-state index contributed by atoms with van der Waals surface area (Å²) in [6, 6.07) is 14.0. The van der Waals surface area contributed by atoms with Crippen molar-refractivity contribution < 1.29 is 14.0 Å². The van der Waals surface area contributed by atoms with Gasteiger partial charge in [0.15, 0.2) is 5.78 Å². The summed E-state index contributed by atoms with van der Waals surface area (Å²) < 4.78 is 14.2. The van der Waals surface area contributed by atoms with E-state index in [0.29, 0.717) is 11.4 Å². The number of benzene rings is 2. The third-order valence-corrected chi connectivity index (χ3v) is 5.34. The summed E-state index contributed by atoms with van der Waals surface area (Å²) in [5, 5.41) is 12.6. The molecule has 2 heterocycles. The Hall–Kier alpha value is -3.20. The summed E-state index contributed by atoms with van der Waals surface area (Å²) in [6.07, 6.45) is 0. The van der Waals surface area contributed by atoms with Crippen molar-refractivity contribution in [2.45, 2.75) is 12.3 Å². The number of nitrogens with zero attached hydrogens (tertiary/aromatic N) is 2. The fourth-order valence-corrected chi connectivity index (χ4v) is 4.15. The number of para-hydroxylation sites is 1. The van der Waals surface area contributed by atoms with Crippen LogP contribution in [0, 0.1) is 23.1 Å². The Bertz CT molecular complexity index is 981. The predicted octanol–water partition coefficient (Wildman–Crippen LogP) is 2.88. The van der Waals surface area contributed by atoms with Gasteiger partial charge in [0.1, 0.15) is 11.2 Å². The molecule has 26 heavy (non-hydrogen) atoms. The summed E-state index contributed by atoms with van der Waals surface area (Å²) >= 11 is 0. The minimum atomic E-state index is -1.02. The molecule has 1 fully saturated rings. The van der Waals surface area contributed by atoms with E-state index in [2.05, 4.69) is 11.4 Å². The molecule has 4 rings (SSSR count). The van der Waals surface area contributed by atoms with Gasteiger partial charge in [-0.15, -0.1) is 0 Å². The number of Topliss-reactive ketones (excluding diaryl/α,β-unsaturated/α-hetero) is 1. The Balaban J connectivity index is 1.84. The van der Waals surface area contributed by atoms with E-state index < -0.39 is 17.2 Å². The molecule has 6 heteroatoms. The molecular formula is C20H16FN3O2. The van der Waals surface area contributed by atoms with Crippen molar-refractivity contribution >= 4 is 23.1 Å². The summed E-state index contributed by atoms with van der Waals surface area (Å²) in [4.78, 5) is 26.6. The van der Waals surface area contributed by atoms with Gasteiger partial charge in [-0.3, -0.25) is 9.59 Å². The van der Waals surface area contributed by atoms with Crippen molar-refractivity contribution in [1.29, 1.82) is 5.26 Å². The van der Waals surface area contributed by atoms with E-state index in [-0.39, 0.29) is 30.3 Å². The second-order valence-corrected chi connectivity index (χ2v) is 6.72. The van der Waals surface area contributed by atoms with Crippen LogP contribution in [0.3, 0.4) is 0 Å². The zero-order chi connectivity index (χ0) is 18.5. The van der Waals surface area contributed by atoms with Gasteiger partial charge in [-0.1, -0.05) is 24.3 Å². The quantitative estimate of drug-likeness (QED) is 0.846. The van der Waals surface area contributed by atoms with Gasteiger partial charge < -0.3 is 10.2 Å². The van der Waals surface area contributed by atoms with Crippen molar-refractivity contribution in [3.63, 3.8) is 0 Å². The van der Waals surface area contributed by atoms with Gasteiger partial charge in [0, 0.05) is 18.8 Å². The molecule has 1 N–H and O–H groups in total. The molecular weight excluding hydrogens is 333 g/mol. The lowest BCUT2D eigenvalue weighted by molar-refractivity contribution is -0.120. The number of ketones is 1. The Labute approximate surface area is 150 Å². The second kappa shape index (κ2) is 5.67. The zero-order valence-corrected chi connectivity index (χ0v) is 14.1. The molecule has 1 amide bonds. The van der Waals surface area contributed by atoms with E-state index in [1.165, 1.54) is 19.1 Å². The number of fused-ring (bicyclic) bond motifs is 2. The van der Waals surface area contributed by atoms with Crippen LogP contribution in [0.25, 0.3) is 0 Å².